The molecule has 2 rings (SSSR count). The molecule has 6 nitrogen and oxygen atoms in total. The van der Waals surface area contributed by atoms with E-state index in [0.717, 1.165) is 12.5 Å². The summed E-state index contributed by atoms with van der Waals surface area (Å²) < 4.78 is 46.4. The van der Waals surface area contributed by atoms with Crippen molar-refractivity contribution in [3.05, 3.63) is 29.3 Å². The van der Waals surface area contributed by atoms with E-state index in [9.17, 15) is 22.8 Å². The molecule has 0 aliphatic carbocycles. The van der Waals surface area contributed by atoms with Crippen molar-refractivity contribution in [2.24, 2.45) is 5.73 Å². The maximum absolute atomic E-state index is 13.7. The number of aryl methyl sites for hydroxylation is 1. The highest BCUT2D eigenvalue weighted by Crippen LogP contribution is 2.40. The quantitative estimate of drug-likeness (QED) is 0.501. The third-order valence-electron chi connectivity index (χ3n) is 4.69. The fourth-order valence-electron chi connectivity index (χ4n) is 3.41. The van der Waals surface area contributed by atoms with Gasteiger partial charge in [0.1, 0.15) is 5.60 Å². The molecule has 0 saturated carbocycles. The van der Waals surface area contributed by atoms with Crippen LogP contribution in [0.15, 0.2) is 18.2 Å². The van der Waals surface area contributed by atoms with Crippen molar-refractivity contribution in [2.75, 3.05) is 31.1 Å². The first-order valence-corrected chi connectivity index (χ1v) is 10.1. The Morgan fingerprint density at radius 1 is 1.17 bits per heavy atom. The van der Waals surface area contributed by atoms with Gasteiger partial charge in [-0.2, -0.15) is 13.2 Å². The van der Waals surface area contributed by atoms with Crippen LogP contribution in [0.3, 0.4) is 0 Å². The molecule has 0 unspecified atom stereocenters. The van der Waals surface area contributed by atoms with Crippen molar-refractivity contribution in [2.45, 2.75) is 58.2 Å². The number of ether oxygens (including phenoxy) is 1. The lowest BCUT2D eigenvalue weighted by Gasteiger charge is -2.25. The molecular formula is C21H30F3N3O3. The van der Waals surface area contributed by atoms with E-state index in [4.69, 9.17) is 10.5 Å². The number of amides is 2. The average molecular weight is 429 g/mol. The average Bonchev–Trinajstić information content (AvgIpc) is 2.98. The van der Waals surface area contributed by atoms with Crippen LogP contribution < -0.4 is 10.6 Å². The number of anilines is 1. The normalized spacial score (nSPS) is 15.1. The Morgan fingerprint density at radius 2 is 1.87 bits per heavy atom. The van der Waals surface area contributed by atoms with E-state index in [1.165, 1.54) is 17.0 Å². The molecule has 0 bridgehead atoms. The summed E-state index contributed by atoms with van der Waals surface area (Å²) >= 11 is 0. The number of nitrogens with two attached hydrogens (primary N) is 1. The lowest BCUT2D eigenvalue weighted by Crippen LogP contribution is -2.34. The van der Waals surface area contributed by atoms with Crippen LogP contribution in [-0.2, 0) is 22.1 Å². The number of rotatable bonds is 8. The van der Waals surface area contributed by atoms with Crippen molar-refractivity contribution in [1.82, 2.24) is 4.90 Å². The zero-order valence-corrected chi connectivity index (χ0v) is 17.7. The molecule has 0 aromatic heterocycles. The van der Waals surface area contributed by atoms with Gasteiger partial charge < -0.3 is 15.4 Å². The van der Waals surface area contributed by atoms with Crippen LogP contribution in [0.4, 0.5) is 23.7 Å². The molecule has 1 aliphatic rings. The van der Waals surface area contributed by atoms with E-state index in [1.54, 1.807) is 25.7 Å². The standard InChI is InChI=1S/C21H30F3N3O3/c1-20(2,3)30-17(28)10-9-15-7-6-8-16(21(22,23)24)18(15)27-14-13-26(19(27)29)12-5-4-11-25/h6-8H,4-5,9-14,25H2,1-3H3. The molecule has 2 amide bonds. The number of unbranched alkanes of at least 4 members (excludes halogenated alkanes) is 1. The van der Waals surface area contributed by atoms with Crippen molar-refractivity contribution >= 4 is 17.7 Å². The number of alkyl halides is 3. The molecule has 2 N–H and O–H groups in total. The summed E-state index contributed by atoms with van der Waals surface area (Å²) in [4.78, 5) is 27.6. The first-order valence-electron chi connectivity index (χ1n) is 10.1. The topological polar surface area (TPSA) is 75.9 Å². The largest absolute Gasteiger partial charge is 0.460 e. The monoisotopic (exact) mass is 429 g/mol. The number of halogens is 3. The fraction of sp³-hybridized carbons (Fsp3) is 0.619. The summed E-state index contributed by atoms with van der Waals surface area (Å²) in [6, 6.07) is 3.34. The molecule has 0 spiro atoms. The van der Waals surface area contributed by atoms with Gasteiger partial charge in [0.15, 0.2) is 0 Å². The summed E-state index contributed by atoms with van der Waals surface area (Å²) in [5, 5.41) is 0. The molecule has 1 saturated heterocycles. The minimum Gasteiger partial charge on any atom is -0.460 e. The highest BCUT2D eigenvalue weighted by molar-refractivity contribution is 5.96. The lowest BCUT2D eigenvalue weighted by molar-refractivity contribution is -0.154. The Kier molecular flexibility index (Phi) is 7.74. The number of hydrogen-bond donors (Lipinski definition) is 1. The van der Waals surface area contributed by atoms with Crippen LogP contribution >= 0.6 is 0 Å². The third-order valence-corrected chi connectivity index (χ3v) is 4.69. The van der Waals surface area contributed by atoms with Gasteiger partial charge in [-0.05, 0) is 58.2 Å². The highest BCUT2D eigenvalue weighted by atomic mass is 19.4. The highest BCUT2D eigenvalue weighted by Gasteiger charge is 2.40. The van der Waals surface area contributed by atoms with Gasteiger partial charge >= 0.3 is 18.2 Å². The van der Waals surface area contributed by atoms with Crippen molar-refractivity contribution in [3.63, 3.8) is 0 Å². The molecule has 30 heavy (non-hydrogen) atoms. The van der Waals surface area contributed by atoms with Gasteiger partial charge in [0.2, 0.25) is 0 Å². The van der Waals surface area contributed by atoms with Gasteiger partial charge in [0, 0.05) is 26.1 Å². The number of carbonyl (C=O) groups is 2. The third kappa shape index (κ3) is 6.35. The van der Waals surface area contributed by atoms with Gasteiger partial charge in [0.05, 0.1) is 11.3 Å². The van der Waals surface area contributed by atoms with Crippen molar-refractivity contribution in [1.29, 1.82) is 0 Å². The van der Waals surface area contributed by atoms with Gasteiger partial charge in [-0.25, -0.2) is 4.79 Å². The second-order valence-electron chi connectivity index (χ2n) is 8.31. The van der Waals surface area contributed by atoms with E-state index in [0.29, 0.717) is 31.6 Å². The summed E-state index contributed by atoms with van der Waals surface area (Å²) in [7, 11) is 0. The predicted molar refractivity (Wildman–Crippen MR) is 108 cm³/mol. The molecular weight excluding hydrogens is 399 g/mol. The molecule has 0 radical (unpaired) electrons. The smallest absolute Gasteiger partial charge is 0.418 e. The summed E-state index contributed by atoms with van der Waals surface area (Å²) in [5.74, 6) is -0.498. The van der Waals surface area contributed by atoms with Crippen LogP contribution in [-0.4, -0.2) is 48.7 Å². The number of urea groups is 1. The fourth-order valence-corrected chi connectivity index (χ4v) is 3.41. The molecule has 1 aliphatic heterocycles. The number of benzene rings is 1. The first kappa shape index (κ1) is 24.0. The maximum Gasteiger partial charge on any atom is 0.418 e. The number of carbonyl (C=O) groups excluding carboxylic acids is 2. The summed E-state index contributed by atoms with van der Waals surface area (Å²) in [6.45, 7) is 6.63. The van der Waals surface area contributed by atoms with Crippen LogP contribution in [0, 0.1) is 0 Å². The minimum absolute atomic E-state index is 0.0467. The van der Waals surface area contributed by atoms with Gasteiger partial charge in [-0.15, -0.1) is 0 Å². The van der Waals surface area contributed by atoms with Gasteiger partial charge in [-0.3, -0.25) is 9.69 Å². The molecule has 1 aromatic carbocycles. The molecule has 1 aromatic rings. The van der Waals surface area contributed by atoms with Crippen LogP contribution in [0.1, 0.15) is 51.2 Å². The predicted octanol–water partition coefficient (Wildman–Crippen LogP) is 3.96. The number of para-hydroxylation sites is 1. The van der Waals surface area contributed by atoms with Gasteiger partial charge in [-0.1, -0.05) is 12.1 Å². The molecule has 9 heteroatoms. The van der Waals surface area contributed by atoms with Crippen LogP contribution in [0.2, 0.25) is 0 Å². The maximum atomic E-state index is 13.7. The summed E-state index contributed by atoms with van der Waals surface area (Å²) in [5.41, 5.74) is 4.05. The zero-order valence-electron chi connectivity index (χ0n) is 17.7. The lowest BCUT2D eigenvalue weighted by atomic mass is 10.0. The van der Waals surface area contributed by atoms with Gasteiger partial charge in [0.25, 0.3) is 0 Å². The van der Waals surface area contributed by atoms with E-state index in [2.05, 4.69) is 0 Å². The Balaban J connectivity index is 2.28. The van der Waals surface area contributed by atoms with Crippen molar-refractivity contribution < 1.29 is 27.5 Å². The second-order valence-corrected chi connectivity index (χ2v) is 8.31. The Hall–Kier alpha value is -2.29. The molecule has 1 fully saturated rings. The molecule has 168 valence electrons. The molecule has 1 heterocycles. The number of esters is 1. The number of nitrogens with zero attached hydrogens (tertiary/aromatic N) is 2. The minimum atomic E-state index is -4.62. The van der Waals surface area contributed by atoms with E-state index in [-0.39, 0.29) is 25.1 Å². The molecule has 0 atom stereocenters. The van der Waals surface area contributed by atoms with Crippen LogP contribution in [0.25, 0.3) is 0 Å². The van der Waals surface area contributed by atoms with E-state index < -0.39 is 29.3 Å². The SMILES string of the molecule is CC(C)(C)OC(=O)CCc1cccc(C(F)(F)F)c1N1CCN(CCCCN)C1=O. The zero-order chi connectivity index (χ0) is 22.5. The van der Waals surface area contributed by atoms with Crippen LogP contribution in [0.5, 0.6) is 0 Å². The second kappa shape index (κ2) is 9.68. The Bertz CT molecular complexity index is 760. The van der Waals surface area contributed by atoms with E-state index in [1.807, 2.05) is 0 Å². The summed E-state index contributed by atoms with van der Waals surface area (Å²) in [6.07, 6.45) is -3.21. The number of hydrogen-bond acceptors (Lipinski definition) is 4. The first-order chi connectivity index (χ1) is 13.9. The Morgan fingerprint density at radius 3 is 2.47 bits per heavy atom. The van der Waals surface area contributed by atoms with Crippen molar-refractivity contribution in [3.8, 4) is 0 Å². The Labute approximate surface area is 175 Å². The van der Waals surface area contributed by atoms with E-state index >= 15 is 0 Å².